The van der Waals surface area contributed by atoms with Gasteiger partial charge in [-0.2, -0.15) is 10.4 Å². The summed E-state index contributed by atoms with van der Waals surface area (Å²) >= 11 is 0. The standard InChI is InChI=1S/C21H19F2N5/c22-17-6-4-16(5-7-17)20-8-9-28(25-20)15-26-10-12-27(13-11-26)21-3-1-2-19(23)18(21)14-24/h1-9H,10-13,15H2. The van der Waals surface area contributed by atoms with Gasteiger partial charge in [0.05, 0.1) is 18.1 Å². The van der Waals surface area contributed by atoms with Crippen molar-refractivity contribution in [1.82, 2.24) is 14.7 Å². The van der Waals surface area contributed by atoms with Crippen molar-refractivity contribution < 1.29 is 8.78 Å². The van der Waals surface area contributed by atoms with E-state index in [1.807, 2.05) is 27.9 Å². The number of aromatic nitrogens is 2. The van der Waals surface area contributed by atoms with Crippen molar-refractivity contribution in [2.45, 2.75) is 6.67 Å². The summed E-state index contributed by atoms with van der Waals surface area (Å²) in [6.45, 7) is 3.64. The smallest absolute Gasteiger partial charge is 0.143 e. The van der Waals surface area contributed by atoms with Crippen molar-refractivity contribution in [3.8, 4) is 17.3 Å². The lowest BCUT2D eigenvalue weighted by Gasteiger charge is -2.36. The summed E-state index contributed by atoms with van der Waals surface area (Å²) in [5, 5.41) is 13.8. The molecule has 1 aliphatic heterocycles. The molecule has 0 amide bonds. The van der Waals surface area contributed by atoms with Gasteiger partial charge in [-0.1, -0.05) is 6.07 Å². The summed E-state index contributed by atoms with van der Waals surface area (Å²) in [5.74, 6) is -0.744. The quantitative estimate of drug-likeness (QED) is 0.696. The minimum Gasteiger partial charge on any atom is -0.368 e. The van der Waals surface area contributed by atoms with Crippen LogP contribution in [0.2, 0.25) is 0 Å². The third-order valence-electron chi connectivity index (χ3n) is 4.94. The van der Waals surface area contributed by atoms with Gasteiger partial charge in [0.1, 0.15) is 23.3 Å². The monoisotopic (exact) mass is 379 g/mol. The Bertz CT molecular complexity index is 998. The second-order valence-electron chi connectivity index (χ2n) is 6.74. The molecule has 5 nitrogen and oxygen atoms in total. The Labute approximate surface area is 162 Å². The van der Waals surface area contributed by atoms with Gasteiger partial charge in [0.25, 0.3) is 0 Å². The molecular weight excluding hydrogens is 360 g/mol. The molecule has 1 aliphatic rings. The van der Waals surface area contributed by atoms with E-state index in [1.165, 1.54) is 18.2 Å². The molecule has 2 aromatic carbocycles. The molecule has 0 bridgehead atoms. The first kappa shape index (κ1) is 18.1. The number of halogens is 2. The van der Waals surface area contributed by atoms with Crippen molar-refractivity contribution in [3.63, 3.8) is 0 Å². The van der Waals surface area contributed by atoms with E-state index in [9.17, 15) is 14.0 Å². The number of nitriles is 1. The molecule has 0 aliphatic carbocycles. The van der Waals surface area contributed by atoms with Crippen molar-refractivity contribution >= 4 is 5.69 Å². The predicted octanol–water partition coefficient (Wildman–Crippen LogP) is 3.48. The maximum atomic E-state index is 13.8. The molecule has 28 heavy (non-hydrogen) atoms. The summed E-state index contributed by atoms with van der Waals surface area (Å²) in [4.78, 5) is 4.30. The van der Waals surface area contributed by atoms with Gasteiger partial charge in [-0.25, -0.2) is 8.78 Å². The zero-order valence-electron chi connectivity index (χ0n) is 15.2. The topological polar surface area (TPSA) is 48.1 Å². The SMILES string of the molecule is N#Cc1c(F)cccc1N1CCN(Cn2ccc(-c3ccc(F)cc3)n2)CC1. The van der Waals surface area contributed by atoms with Gasteiger partial charge in [-0.15, -0.1) is 0 Å². The van der Waals surface area contributed by atoms with Crippen LogP contribution in [-0.2, 0) is 6.67 Å². The average Bonchev–Trinajstić information content (AvgIpc) is 3.17. The highest BCUT2D eigenvalue weighted by molar-refractivity contribution is 5.60. The first-order valence-electron chi connectivity index (χ1n) is 9.09. The summed E-state index contributed by atoms with van der Waals surface area (Å²) in [6.07, 6.45) is 1.91. The lowest BCUT2D eigenvalue weighted by molar-refractivity contribution is 0.196. The molecule has 4 rings (SSSR count). The minimum absolute atomic E-state index is 0.104. The van der Waals surface area contributed by atoms with Crippen molar-refractivity contribution in [1.29, 1.82) is 5.26 Å². The number of anilines is 1. The van der Waals surface area contributed by atoms with E-state index in [2.05, 4.69) is 10.00 Å². The van der Waals surface area contributed by atoms with E-state index < -0.39 is 5.82 Å². The maximum absolute atomic E-state index is 13.8. The Morgan fingerprint density at radius 2 is 1.71 bits per heavy atom. The molecule has 0 radical (unpaired) electrons. The fourth-order valence-electron chi connectivity index (χ4n) is 3.44. The van der Waals surface area contributed by atoms with E-state index >= 15 is 0 Å². The zero-order chi connectivity index (χ0) is 19.5. The minimum atomic E-state index is -0.479. The number of hydrogen-bond acceptors (Lipinski definition) is 4. The second kappa shape index (κ2) is 7.79. The van der Waals surface area contributed by atoms with Crippen molar-refractivity contribution in [2.75, 3.05) is 31.1 Å². The van der Waals surface area contributed by atoms with E-state index in [1.54, 1.807) is 24.3 Å². The van der Waals surface area contributed by atoms with E-state index in [-0.39, 0.29) is 11.4 Å². The van der Waals surface area contributed by atoms with Gasteiger partial charge in [0, 0.05) is 37.9 Å². The lowest BCUT2D eigenvalue weighted by Crippen LogP contribution is -2.47. The molecule has 0 saturated carbocycles. The lowest BCUT2D eigenvalue weighted by atomic mass is 10.1. The van der Waals surface area contributed by atoms with Crippen molar-refractivity contribution in [2.24, 2.45) is 0 Å². The second-order valence-corrected chi connectivity index (χ2v) is 6.74. The third kappa shape index (κ3) is 3.73. The molecule has 2 heterocycles. The zero-order valence-corrected chi connectivity index (χ0v) is 15.2. The van der Waals surface area contributed by atoms with Crippen LogP contribution in [0.25, 0.3) is 11.3 Å². The molecule has 0 spiro atoms. The highest BCUT2D eigenvalue weighted by Crippen LogP contribution is 2.24. The molecule has 0 atom stereocenters. The van der Waals surface area contributed by atoms with E-state index in [4.69, 9.17) is 0 Å². The normalized spacial score (nSPS) is 14.8. The van der Waals surface area contributed by atoms with Gasteiger partial charge in [0.2, 0.25) is 0 Å². The Morgan fingerprint density at radius 1 is 0.964 bits per heavy atom. The summed E-state index contributed by atoms with van der Waals surface area (Å²) in [7, 11) is 0. The molecular formula is C21H19F2N5. The summed E-state index contributed by atoms with van der Waals surface area (Å²) in [6, 6.07) is 14.9. The van der Waals surface area contributed by atoms with Crippen LogP contribution in [0.3, 0.4) is 0 Å². The van der Waals surface area contributed by atoms with Crippen LogP contribution in [0.4, 0.5) is 14.5 Å². The fourth-order valence-corrected chi connectivity index (χ4v) is 3.44. The highest BCUT2D eigenvalue weighted by Gasteiger charge is 2.21. The molecule has 0 unspecified atom stereocenters. The van der Waals surface area contributed by atoms with Gasteiger partial charge in [-0.05, 0) is 42.5 Å². The van der Waals surface area contributed by atoms with Crippen LogP contribution >= 0.6 is 0 Å². The first-order valence-corrected chi connectivity index (χ1v) is 9.09. The Balaban J connectivity index is 1.38. The van der Waals surface area contributed by atoms with Crippen LogP contribution in [0.5, 0.6) is 0 Å². The third-order valence-corrected chi connectivity index (χ3v) is 4.94. The molecule has 1 fully saturated rings. The summed E-state index contributed by atoms with van der Waals surface area (Å²) in [5.41, 5.74) is 2.43. The molecule has 7 heteroatoms. The van der Waals surface area contributed by atoms with Crippen LogP contribution in [0, 0.1) is 23.0 Å². The number of hydrogen-bond donors (Lipinski definition) is 0. The van der Waals surface area contributed by atoms with Crippen LogP contribution in [0.1, 0.15) is 5.56 Å². The van der Waals surface area contributed by atoms with Crippen molar-refractivity contribution in [3.05, 3.63) is 71.9 Å². The van der Waals surface area contributed by atoms with Crippen LogP contribution in [0.15, 0.2) is 54.7 Å². The van der Waals surface area contributed by atoms with Crippen LogP contribution in [-0.4, -0.2) is 40.9 Å². The van der Waals surface area contributed by atoms with Crippen LogP contribution < -0.4 is 4.90 Å². The van der Waals surface area contributed by atoms with Gasteiger partial charge < -0.3 is 4.90 Å². The Kier molecular flexibility index (Phi) is 5.04. The molecule has 0 N–H and O–H groups in total. The maximum Gasteiger partial charge on any atom is 0.143 e. The number of nitrogens with zero attached hydrogens (tertiary/aromatic N) is 5. The van der Waals surface area contributed by atoms with E-state index in [0.29, 0.717) is 25.4 Å². The highest BCUT2D eigenvalue weighted by atomic mass is 19.1. The predicted molar refractivity (Wildman–Crippen MR) is 103 cm³/mol. The fraction of sp³-hybridized carbons (Fsp3) is 0.238. The van der Waals surface area contributed by atoms with Gasteiger partial charge >= 0.3 is 0 Å². The largest absolute Gasteiger partial charge is 0.368 e. The van der Waals surface area contributed by atoms with Gasteiger partial charge in [0.15, 0.2) is 0 Å². The molecule has 1 saturated heterocycles. The molecule has 1 aromatic heterocycles. The Morgan fingerprint density at radius 3 is 2.43 bits per heavy atom. The number of rotatable bonds is 4. The molecule has 3 aromatic rings. The Hall–Kier alpha value is -3.24. The first-order chi connectivity index (χ1) is 13.6. The number of piperazine rings is 1. The average molecular weight is 379 g/mol. The van der Waals surface area contributed by atoms with E-state index in [0.717, 1.165) is 24.3 Å². The van der Waals surface area contributed by atoms with Gasteiger partial charge in [-0.3, -0.25) is 9.58 Å². The molecule has 142 valence electrons. The summed E-state index contributed by atoms with van der Waals surface area (Å²) < 4.78 is 28.8. The number of benzene rings is 2.